The van der Waals surface area contributed by atoms with E-state index in [0.29, 0.717) is 45.6 Å². The van der Waals surface area contributed by atoms with E-state index in [4.69, 9.17) is 5.11 Å². The molecule has 1 aromatic rings. The Balaban J connectivity index is 1.34. The van der Waals surface area contributed by atoms with E-state index < -0.39 is 5.97 Å². The number of urea groups is 1. The second-order valence-electron chi connectivity index (χ2n) is 7.28. The third-order valence-corrected chi connectivity index (χ3v) is 5.50. The molecule has 0 bridgehead atoms. The number of nitrogens with one attached hydrogen (secondary N) is 1. The van der Waals surface area contributed by atoms with Gasteiger partial charge in [-0.25, -0.2) is 4.79 Å². The lowest BCUT2D eigenvalue weighted by atomic mass is 9.97. The number of para-hydroxylation sites is 1. The normalized spacial score (nSPS) is 18.1. The van der Waals surface area contributed by atoms with Gasteiger partial charge in [0.2, 0.25) is 5.91 Å². The standard InChI is InChI=1S/C20H28N4O4/c25-18(23-14-12-22(13-15-23)17-4-2-1-3-5-17)6-9-21-20(28)24-10-7-16(8-11-24)19(26)27/h1-5,16H,6-15H2,(H,21,28)(H,26,27). The highest BCUT2D eigenvalue weighted by Gasteiger charge is 2.27. The molecule has 28 heavy (non-hydrogen) atoms. The van der Waals surface area contributed by atoms with Crippen molar-refractivity contribution in [1.29, 1.82) is 0 Å². The Morgan fingerprint density at radius 1 is 0.929 bits per heavy atom. The molecule has 2 aliphatic heterocycles. The van der Waals surface area contributed by atoms with Crippen LogP contribution in [-0.2, 0) is 9.59 Å². The third-order valence-electron chi connectivity index (χ3n) is 5.50. The molecule has 2 saturated heterocycles. The van der Waals surface area contributed by atoms with Crippen molar-refractivity contribution >= 4 is 23.6 Å². The predicted molar refractivity (Wildman–Crippen MR) is 105 cm³/mol. The number of nitrogens with zero attached hydrogens (tertiary/aromatic N) is 3. The van der Waals surface area contributed by atoms with Gasteiger partial charge in [-0.05, 0) is 25.0 Å². The number of piperidine rings is 1. The van der Waals surface area contributed by atoms with Crippen LogP contribution in [0.5, 0.6) is 0 Å². The second-order valence-corrected chi connectivity index (χ2v) is 7.28. The molecule has 0 aromatic heterocycles. The number of carboxylic acid groups (broad SMARTS) is 1. The van der Waals surface area contributed by atoms with Crippen molar-refractivity contribution in [3.63, 3.8) is 0 Å². The smallest absolute Gasteiger partial charge is 0.317 e. The molecule has 152 valence electrons. The van der Waals surface area contributed by atoms with Gasteiger partial charge < -0.3 is 25.1 Å². The van der Waals surface area contributed by atoms with Gasteiger partial charge in [-0.3, -0.25) is 9.59 Å². The number of benzene rings is 1. The molecule has 0 atom stereocenters. The van der Waals surface area contributed by atoms with E-state index in [9.17, 15) is 14.4 Å². The Morgan fingerprint density at radius 2 is 1.57 bits per heavy atom. The van der Waals surface area contributed by atoms with Gasteiger partial charge in [-0.15, -0.1) is 0 Å². The maximum absolute atomic E-state index is 12.4. The number of rotatable bonds is 5. The molecule has 1 aromatic carbocycles. The summed E-state index contributed by atoms with van der Waals surface area (Å²) in [7, 11) is 0. The zero-order valence-corrected chi connectivity index (χ0v) is 16.0. The quantitative estimate of drug-likeness (QED) is 0.791. The van der Waals surface area contributed by atoms with Crippen molar-refractivity contribution < 1.29 is 19.5 Å². The Morgan fingerprint density at radius 3 is 2.18 bits per heavy atom. The first-order valence-electron chi connectivity index (χ1n) is 9.88. The van der Waals surface area contributed by atoms with Gasteiger partial charge in [0, 0.05) is 57.9 Å². The van der Waals surface area contributed by atoms with Crippen LogP contribution in [0.1, 0.15) is 19.3 Å². The lowest BCUT2D eigenvalue weighted by molar-refractivity contribution is -0.143. The van der Waals surface area contributed by atoms with E-state index in [1.54, 1.807) is 4.90 Å². The summed E-state index contributed by atoms with van der Waals surface area (Å²) >= 11 is 0. The molecule has 2 fully saturated rings. The molecule has 0 saturated carbocycles. The molecule has 0 radical (unpaired) electrons. The topological polar surface area (TPSA) is 93.2 Å². The number of hydrogen-bond donors (Lipinski definition) is 2. The molecular weight excluding hydrogens is 360 g/mol. The Hall–Kier alpha value is -2.77. The van der Waals surface area contributed by atoms with E-state index in [1.807, 2.05) is 23.1 Å². The van der Waals surface area contributed by atoms with Gasteiger partial charge >= 0.3 is 12.0 Å². The minimum Gasteiger partial charge on any atom is -0.481 e. The Bertz CT molecular complexity index is 681. The van der Waals surface area contributed by atoms with Gasteiger partial charge in [0.25, 0.3) is 0 Å². The number of anilines is 1. The summed E-state index contributed by atoms with van der Waals surface area (Å²) in [6.45, 7) is 4.17. The van der Waals surface area contributed by atoms with E-state index in [0.717, 1.165) is 13.1 Å². The largest absolute Gasteiger partial charge is 0.481 e. The van der Waals surface area contributed by atoms with Crippen molar-refractivity contribution in [2.45, 2.75) is 19.3 Å². The van der Waals surface area contributed by atoms with Crippen LogP contribution in [0.4, 0.5) is 10.5 Å². The molecule has 2 aliphatic rings. The van der Waals surface area contributed by atoms with Crippen molar-refractivity contribution in [2.75, 3.05) is 50.7 Å². The molecule has 0 unspecified atom stereocenters. The lowest BCUT2D eigenvalue weighted by Gasteiger charge is -2.36. The number of amides is 3. The van der Waals surface area contributed by atoms with Gasteiger partial charge in [-0.2, -0.15) is 0 Å². The first kappa shape index (κ1) is 20.0. The molecule has 3 amide bonds. The van der Waals surface area contributed by atoms with Crippen LogP contribution in [0, 0.1) is 5.92 Å². The fourth-order valence-electron chi connectivity index (χ4n) is 3.73. The minimum atomic E-state index is -0.794. The van der Waals surface area contributed by atoms with Crippen LogP contribution in [0.3, 0.4) is 0 Å². The highest BCUT2D eigenvalue weighted by atomic mass is 16.4. The molecule has 8 heteroatoms. The van der Waals surface area contributed by atoms with Gasteiger partial charge in [0.15, 0.2) is 0 Å². The predicted octanol–water partition coefficient (Wildman–Crippen LogP) is 1.23. The zero-order valence-electron chi connectivity index (χ0n) is 16.0. The monoisotopic (exact) mass is 388 g/mol. The Kier molecular flexibility index (Phi) is 6.73. The summed E-state index contributed by atoms with van der Waals surface area (Å²) in [6.07, 6.45) is 1.24. The van der Waals surface area contributed by atoms with Crippen molar-refractivity contribution in [3.05, 3.63) is 30.3 Å². The Labute approximate surface area is 165 Å². The molecule has 3 rings (SSSR count). The molecule has 8 nitrogen and oxygen atoms in total. The van der Waals surface area contributed by atoms with E-state index in [-0.39, 0.29) is 24.3 Å². The fourth-order valence-corrected chi connectivity index (χ4v) is 3.73. The minimum absolute atomic E-state index is 0.0533. The number of hydrogen-bond acceptors (Lipinski definition) is 4. The van der Waals surface area contributed by atoms with Crippen molar-refractivity contribution in [2.24, 2.45) is 5.92 Å². The average molecular weight is 388 g/mol. The zero-order chi connectivity index (χ0) is 19.9. The maximum atomic E-state index is 12.4. The third kappa shape index (κ3) is 5.15. The van der Waals surface area contributed by atoms with Crippen LogP contribution >= 0.6 is 0 Å². The molecule has 2 N–H and O–H groups in total. The summed E-state index contributed by atoms with van der Waals surface area (Å²) in [4.78, 5) is 41.3. The van der Waals surface area contributed by atoms with Crippen molar-refractivity contribution in [1.82, 2.24) is 15.1 Å². The van der Waals surface area contributed by atoms with E-state index in [1.165, 1.54) is 5.69 Å². The molecule has 0 aliphatic carbocycles. The SMILES string of the molecule is O=C(O)C1CCN(C(=O)NCCC(=O)N2CCN(c3ccccc3)CC2)CC1. The number of carbonyl (C=O) groups is 3. The summed E-state index contributed by atoms with van der Waals surface area (Å²) in [5, 5.41) is 11.8. The van der Waals surface area contributed by atoms with Gasteiger partial charge in [0.1, 0.15) is 0 Å². The highest BCUT2D eigenvalue weighted by Crippen LogP contribution is 2.17. The average Bonchev–Trinajstić information content (AvgIpc) is 2.74. The summed E-state index contributed by atoms with van der Waals surface area (Å²) in [5.74, 6) is -1.10. The highest BCUT2D eigenvalue weighted by molar-refractivity contribution is 5.79. The van der Waals surface area contributed by atoms with Crippen molar-refractivity contribution in [3.8, 4) is 0 Å². The summed E-state index contributed by atoms with van der Waals surface area (Å²) < 4.78 is 0. The number of aliphatic carboxylic acids is 1. The van der Waals surface area contributed by atoms with Gasteiger partial charge in [0.05, 0.1) is 5.92 Å². The van der Waals surface area contributed by atoms with Gasteiger partial charge in [-0.1, -0.05) is 18.2 Å². The first-order chi connectivity index (χ1) is 13.5. The molecular formula is C20H28N4O4. The number of carboxylic acids is 1. The molecule has 2 heterocycles. The first-order valence-corrected chi connectivity index (χ1v) is 9.88. The lowest BCUT2D eigenvalue weighted by Crippen LogP contribution is -2.50. The van der Waals surface area contributed by atoms with E-state index in [2.05, 4.69) is 22.3 Å². The summed E-state index contributed by atoms with van der Waals surface area (Å²) in [6, 6.07) is 9.95. The number of likely N-dealkylation sites (tertiary alicyclic amines) is 1. The van der Waals surface area contributed by atoms with E-state index >= 15 is 0 Å². The van der Waals surface area contributed by atoms with Crippen LogP contribution in [-0.4, -0.2) is 78.6 Å². The fraction of sp³-hybridized carbons (Fsp3) is 0.550. The molecule has 0 spiro atoms. The summed E-state index contributed by atoms with van der Waals surface area (Å²) in [5.41, 5.74) is 1.17. The van der Waals surface area contributed by atoms with Crippen LogP contribution < -0.4 is 10.2 Å². The second kappa shape index (κ2) is 9.43. The number of carbonyl (C=O) groups excluding carboxylic acids is 2. The number of piperazine rings is 1. The maximum Gasteiger partial charge on any atom is 0.317 e. The van der Waals surface area contributed by atoms with Crippen LogP contribution in [0.2, 0.25) is 0 Å². The van der Waals surface area contributed by atoms with Crippen LogP contribution in [0.15, 0.2) is 30.3 Å². The van der Waals surface area contributed by atoms with Crippen LogP contribution in [0.25, 0.3) is 0 Å².